The van der Waals surface area contributed by atoms with Crippen LogP contribution in [-0.2, 0) is 0 Å². The highest BCUT2D eigenvalue weighted by molar-refractivity contribution is 6.33. The zero-order valence-corrected chi connectivity index (χ0v) is 11.8. The van der Waals surface area contributed by atoms with E-state index in [0.717, 1.165) is 16.9 Å². The zero-order valence-electron chi connectivity index (χ0n) is 10.3. The number of ether oxygens (including phenoxy) is 1. The molecule has 0 fully saturated rings. The quantitative estimate of drug-likeness (QED) is 0.720. The van der Waals surface area contributed by atoms with E-state index in [-0.39, 0.29) is 5.38 Å². The van der Waals surface area contributed by atoms with E-state index in [1.54, 1.807) is 13.2 Å². The molecule has 1 nitrogen and oxygen atoms in total. The molecule has 0 aliphatic heterocycles. The fraction of sp³-hybridized carbons (Fsp3) is 0.200. The molecule has 2 rings (SSSR count). The summed E-state index contributed by atoms with van der Waals surface area (Å²) in [4.78, 5) is 0. The van der Waals surface area contributed by atoms with E-state index in [0.29, 0.717) is 5.02 Å². The Morgan fingerprint density at radius 1 is 1.06 bits per heavy atom. The van der Waals surface area contributed by atoms with Gasteiger partial charge in [0.2, 0.25) is 0 Å². The average molecular weight is 281 g/mol. The Kier molecular flexibility index (Phi) is 4.15. The highest BCUT2D eigenvalue weighted by Gasteiger charge is 2.14. The minimum absolute atomic E-state index is 0.246. The van der Waals surface area contributed by atoms with Gasteiger partial charge in [0, 0.05) is 5.02 Å². The third kappa shape index (κ3) is 2.80. The predicted octanol–water partition coefficient (Wildman–Crippen LogP) is 4.99. The molecule has 94 valence electrons. The molecule has 0 heterocycles. The van der Waals surface area contributed by atoms with Crippen molar-refractivity contribution in [2.24, 2.45) is 0 Å². The summed E-state index contributed by atoms with van der Waals surface area (Å²) >= 11 is 12.7. The number of hydrogen-bond acceptors (Lipinski definition) is 1. The Morgan fingerprint density at radius 2 is 1.72 bits per heavy atom. The number of methoxy groups -OCH3 is 1. The lowest BCUT2D eigenvalue weighted by Crippen LogP contribution is -1.95. The first-order chi connectivity index (χ1) is 8.61. The Labute approximate surface area is 117 Å². The largest absolute Gasteiger partial charge is 0.497 e. The third-order valence-corrected chi connectivity index (χ3v) is 3.67. The van der Waals surface area contributed by atoms with Crippen LogP contribution in [0.1, 0.15) is 22.1 Å². The minimum Gasteiger partial charge on any atom is -0.497 e. The molecule has 0 aliphatic carbocycles. The summed E-state index contributed by atoms with van der Waals surface area (Å²) in [5.41, 5.74) is 3.14. The van der Waals surface area contributed by atoms with Crippen LogP contribution < -0.4 is 4.74 Å². The second-order valence-corrected chi connectivity index (χ2v) is 5.00. The van der Waals surface area contributed by atoms with E-state index in [1.165, 1.54) is 5.56 Å². The van der Waals surface area contributed by atoms with Crippen molar-refractivity contribution < 1.29 is 4.74 Å². The summed E-state index contributed by atoms with van der Waals surface area (Å²) in [5.74, 6) is 0.733. The van der Waals surface area contributed by atoms with E-state index >= 15 is 0 Å². The van der Waals surface area contributed by atoms with Gasteiger partial charge in [-0.15, -0.1) is 11.6 Å². The SMILES string of the molecule is COc1ccc(C(Cl)c2ccc(C)cc2)c(Cl)c1. The number of aryl methyl sites for hydroxylation is 1. The van der Waals surface area contributed by atoms with Crippen LogP contribution >= 0.6 is 23.2 Å². The van der Waals surface area contributed by atoms with Gasteiger partial charge >= 0.3 is 0 Å². The maximum atomic E-state index is 6.46. The van der Waals surface area contributed by atoms with Gasteiger partial charge < -0.3 is 4.74 Å². The lowest BCUT2D eigenvalue weighted by atomic mass is 10.0. The molecule has 2 aromatic carbocycles. The van der Waals surface area contributed by atoms with Crippen molar-refractivity contribution in [2.75, 3.05) is 7.11 Å². The molecule has 1 unspecified atom stereocenters. The van der Waals surface area contributed by atoms with Crippen LogP contribution in [0.4, 0.5) is 0 Å². The second-order valence-electron chi connectivity index (χ2n) is 4.16. The fourth-order valence-corrected chi connectivity index (χ4v) is 2.43. The predicted molar refractivity (Wildman–Crippen MR) is 76.9 cm³/mol. The first-order valence-electron chi connectivity index (χ1n) is 5.66. The van der Waals surface area contributed by atoms with Crippen LogP contribution in [0, 0.1) is 6.92 Å². The van der Waals surface area contributed by atoms with Gasteiger partial charge in [-0.1, -0.05) is 47.5 Å². The van der Waals surface area contributed by atoms with E-state index in [4.69, 9.17) is 27.9 Å². The molecule has 0 amide bonds. The van der Waals surface area contributed by atoms with Gasteiger partial charge in [0.1, 0.15) is 5.75 Å². The van der Waals surface area contributed by atoms with Gasteiger partial charge in [-0.05, 0) is 30.2 Å². The molecule has 0 N–H and O–H groups in total. The normalized spacial score (nSPS) is 12.2. The lowest BCUT2D eigenvalue weighted by molar-refractivity contribution is 0.414. The maximum absolute atomic E-state index is 6.46. The van der Waals surface area contributed by atoms with Crippen molar-refractivity contribution in [3.8, 4) is 5.75 Å². The van der Waals surface area contributed by atoms with Crippen molar-refractivity contribution >= 4 is 23.2 Å². The number of alkyl halides is 1. The molecule has 0 spiro atoms. The first-order valence-corrected chi connectivity index (χ1v) is 6.47. The van der Waals surface area contributed by atoms with Gasteiger partial charge in [-0.25, -0.2) is 0 Å². The van der Waals surface area contributed by atoms with Crippen LogP contribution in [0.25, 0.3) is 0 Å². The van der Waals surface area contributed by atoms with Crippen molar-refractivity contribution in [1.29, 1.82) is 0 Å². The van der Waals surface area contributed by atoms with Gasteiger partial charge in [0.15, 0.2) is 0 Å². The maximum Gasteiger partial charge on any atom is 0.120 e. The molecule has 0 saturated carbocycles. The molecular formula is C15H14Cl2O. The van der Waals surface area contributed by atoms with E-state index in [2.05, 4.69) is 0 Å². The van der Waals surface area contributed by atoms with E-state index in [1.807, 2.05) is 43.3 Å². The summed E-state index contributed by atoms with van der Waals surface area (Å²) in [5, 5.41) is 0.374. The van der Waals surface area contributed by atoms with Gasteiger partial charge in [0.05, 0.1) is 12.5 Å². The van der Waals surface area contributed by atoms with Crippen molar-refractivity contribution in [3.05, 3.63) is 64.2 Å². The average Bonchev–Trinajstić information content (AvgIpc) is 2.38. The third-order valence-electron chi connectivity index (χ3n) is 2.85. The summed E-state index contributed by atoms with van der Waals surface area (Å²) < 4.78 is 5.12. The molecule has 2 aromatic rings. The van der Waals surface area contributed by atoms with Crippen LogP contribution in [0.3, 0.4) is 0 Å². The molecule has 3 heteroatoms. The Bertz CT molecular complexity index is 535. The Balaban J connectivity index is 2.33. The zero-order chi connectivity index (χ0) is 13.1. The van der Waals surface area contributed by atoms with Crippen molar-refractivity contribution in [3.63, 3.8) is 0 Å². The van der Waals surface area contributed by atoms with Crippen LogP contribution in [-0.4, -0.2) is 7.11 Å². The molecule has 0 saturated heterocycles. The Hall–Kier alpha value is -1.18. The number of benzene rings is 2. The van der Waals surface area contributed by atoms with Crippen molar-refractivity contribution in [2.45, 2.75) is 12.3 Å². The monoisotopic (exact) mass is 280 g/mol. The summed E-state index contributed by atoms with van der Waals surface area (Å²) in [6.45, 7) is 2.05. The molecule has 18 heavy (non-hydrogen) atoms. The number of hydrogen-bond donors (Lipinski definition) is 0. The summed E-state index contributed by atoms with van der Waals surface area (Å²) in [6, 6.07) is 13.7. The number of halogens is 2. The van der Waals surface area contributed by atoms with Gasteiger partial charge in [-0.3, -0.25) is 0 Å². The smallest absolute Gasteiger partial charge is 0.120 e. The first kappa shape index (κ1) is 13.3. The molecular weight excluding hydrogens is 267 g/mol. The van der Waals surface area contributed by atoms with Crippen molar-refractivity contribution in [1.82, 2.24) is 0 Å². The molecule has 0 aliphatic rings. The van der Waals surface area contributed by atoms with E-state index in [9.17, 15) is 0 Å². The highest BCUT2D eigenvalue weighted by atomic mass is 35.5. The van der Waals surface area contributed by atoms with Gasteiger partial charge in [-0.2, -0.15) is 0 Å². The molecule has 1 atom stereocenters. The topological polar surface area (TPSA) is 9.23 Å². The Morgan fingerprint density at radius 3 is 2.28 bits per heavy atom. The van der Waals surface area contributed by atoms with Crippen LogP contribution in [0.5, 0.6) is 5.75 Å². The van der Waals surface area contributed by atoms with E-state index < -0.39 is 0 Å². The highest BCUT2D eigenvalue weighted by Crippen LogP contribution is 2.35. The lowest BCUT2D eigenvalue weighted by Gasteiger charge is -2.13. The number of rotatable bonds is 3. The van der Waals surface area contributed by atoms with Crippen LogP contribution in [0.15, 0.2) is 42.5 Å². The molecule has 0 aromatic heterocycles. The fourth-order valence-electron chi connectivity index (χ4n) is 1.76. The minimum atomic E-state index is -0.246. The van der Waals surface area contributed by atoms with Crippen LogP contribution in [0.2, 0.25) is 5.02 Å². The second kappa shape index (κ2) is 5.64. The summed E-state index contributed by atoms with van der Waals surface area (Å²) in [7, 11) is 1.61. The standard InChI is InChI=1S/C15H14Cl2O/c1-10-3-5-11(6-4-10)15(17)13-8-7-12(18-2)9-14(13)16/h3-9,15H,1-2H3. The molecule has 0 radical (unpaired) electrons. The molecule has 0 bridgehead atoms. The summed E-state index contributed by atoms with van der Waals surface area (Å²) in [6.07, 6.45) is 0. The van der Waals surface area contributed by atoms with Gasteiger partial charge in [0.25, 0.3) is 0 Å².